The van der Waals surface area contributed by atoms with Crippen LogP contribution in [0.1, 0.15) is 10.4 Å². The standard InChI is InChI=1S/C12H8N2.C7H5INO2.Pd/c1-3-9-5-6-10-4-2-8-14-12(10)11(9)13-7-1;8-5-1-4(7(10)11)2-6(9)3-5;/h1-8H;1-3,9H,(H,10,11);/q;-1;+2/p-1. The molecule has 7 heteroatoms. The summed E-state index contributed by atoms with van der Waals surface area (Å²) in [6, 6.07) is 16.4. The van der Waals surface area contributed by atoms with Crippen LogP contribution in [0.3, 0.4) is 0 Å². The van der Waals surface area contributed by atoms with Gasteiger partial charge in [0.05, 0.1) is 17.0 Å². The molecule has 1 N–H and O–H groups in total. The van der Waals surface area contributed by atoms with Crippen molar-refractivity contribution in [1.29, 1.82) is 0 Å². The van der Waals surface area contributed by atoms with Crippen LogP contribution in [0.15, 0.2) is 67.0 Å². The van der Waals surface area contributed by atoms with Crippen molar-refractivity contribution >= 4 is 56.1 Å². The van der Waals surface area contributed by atoms with E-state index in [9.17, 15) is 9.90 Å². The Hall–Kier alpha value is -2.08. The summed E-state index contributed by atoms with van der Waals surface area (Å²) in [4.78, 5) is 19.0. The van der Waals surface area contributed by atoms with Gasteiger partial charge in [-0.2, -0.15) is 0 Å². The first kappa shape index (κ1) is 20.2. The van der Waals surface area contributed by atoms with E-state index in [1.54, 1.807) is 18.5 Å². The summed E-state index contributed by atoms with van der Waals surface area (Å²) in [5.41, 5.74) is 9.38. The molecule has 0 fully saturated rings. The number of fused-ring (bicyclic) bond motifs is 3. The maximum atomic E-state index is 10.3. The molecule has 0 saturated heterocycles. The number of hydrogen-bond acceptors (Lipinski definition) is 4. The van der Waals surface area contributed by atoms with Gasteiger partial charge in [-0.1, -0.05) is 36.4 Å². The van der Waals surface area contributed by atoms with E-state index < -0.39 is 5.97 Å². The predicted octanol–water partition coefficient (Wildman–Crippen LogP) is 4.12. The van der Waals surface area contributed by atoms with Gasteiger partial charge in [0.15, 0.2) is 0 Å². The van der Waals surface area contributed by atoms with E-state index in [1.807, 2.05) is 34.7 Å². The summed E-state index contributed by atoms with van der Waals surface area (Å²) < 4.78 is 0.731. The Bertz CT molecular complexity index is 998. The summed E-state index contributed by atoms with van der Waals surface area (Å²) >= 11 is 1.95. The number of benzene rings is 2. The van der Waals surface area contributed by atoms with Crippen LogP contribution < -0.4 is 5.11 Å². The maximum absolute atomic E-state index is 10.3. The summed E-state index contributed by atoms with van der Waals surface area (Å²) in [5.74, 6) is -1.24. The number of aromatic nitrogens is 2. The van der Waals surface area contributed by atoms with Gasteiger partial charge in [0.2, 0.25) is 0 Å². The molecule has 132 valence electrons. The van der Waals surface area contributed by atoms with Gasteiger partial charge in [-0.25, -0.2) is 0 Å². The third-order valence-electron chi connectivity index (χ3n) is 3.48. The number of hydrogen-bond donors (Lipinski definition) is 0. The molecule has 0 aliphatic heterocycles. The molecule has 0 unspecified atom stereocenters. The zero-order chi connectivity index (χ0) is 17.8. The van der Waals surface area contributed by atoms with Gasteiger partial charge in [-0.15, -0.1) is 5.69 Å². The third-order valence-corrected chi connectivity index (χ3v) is 4.10. The number of pyridine rings is 2. The first-order valence-electron chi connectivity index (χ1n) is 7.36. The first-order chi connectivity index (χ1) is 12.0. The topological polar surface area (TPSA) is 89.7 Å². The van der Waals surface area contributed by atoms with Crippen molar-refractivity contribution in [1.82, 2.24) is 9.97 Å². The molecule has 4 aromatic rings. The van der Waals surface area contributed by atoms with Crippen LogP contribution in [0.25, 0.3) is 27.5 Å². The minimum absolute atomic E-state index is 0. The number of rotatable bonds is 1. The number of carbonyl (C=O) groups is 1. The Morgan fingerprint density at radius 3 is 1.92 bits per heavy atom. The van der Waals surface area contributed by atoms with Crippen molar-refractivity contribution < 1.29 is 30.3 Å². The molecule has 2 aromatic heterocycles. The molecule has 4 rings (SSSR count). The van der Waals surface area contributed by atoms with E-state index in [-0.39, 0.29) is 31.7 Å². The average molecular weight is 548 g/mol. The molecular weight excluding hydrogens is 536 g/mol. The van der Waals surface area contributed by atoms with Crippen LogP contribution in [0.2, 0.25) is 0 Å². The van der Waals surface area contributed by atoms with Crippen molar-refractivity contribution in [2.24, 2.45) is 0 Å². The molecule has 0 radical (unpaired) electrons. The minimum atomic E-state index is -1.24. The van der Waals surface area contributed by atoms with Crippen LogP contribution >= 0.6 is 22.6 Å². The summed E-state index contributed by atoms with van der Waals surface area (Å²) in [6.07, 6.45) is 3.60. The molecule has 0 bridgehead atoms. The average Bonchev–Trinajstić information content (AvgIpc) is 2.61. The Morgan fingerprint density at radius 2 is 1.46 bits per heavy atom. The van der Waals surface area contributed by atoms with Crippen LogP contribution in [0, 0.1) is 3.57 Å². The van der Waals surface area contributed by atoms with E-state index >= 15 is 0 Å². The monoisotopic (exact) mass is 547 g/mol. The number of halogens is 1. The second-order valence-corrected chi connectivity index (χ2v) is 6.48. The van der Waals surface area contributed by atoms with Crippen molar-refractivity contribution in [3.8, 4) is 0 Å². The Kier molecular flexibility index (Phi) is 7.03. The number of aromatic carboxylic acids is 1. The van der Waals surface area contributed by atoms with Crippen molar-refractivity contribution in [3.63, 3.8) is 0 Å². The predicted molar refractivity (Wildman–Crippen MR) is 105 cm³/mol. The van der Waals surface area contributed by atoms with Crippen molar-refractivity contribution in [2.45, 2.75) is 0 Å². The van der Waals surface area contributed by atoms with E-state index in [0.29, 0.717) is 0 Å². The number of carboxylic acids is 1. The molecule has 26 heavy (non-hydrogen) atoms. The molecule has 0 atom stereocenters. The molecule has 2 heterocycles. The molecule has 0 spiro atoms. The van der Waals surface area contributed by atoms with Gasteiger partial charge in [0.1, 0.15) is 0 Å². The number of carbonyl (C=O) groups excluding carboxylic acids is 1. The maximum Gasteiger partial charge on any atom is 2.00 e. The Labute approximate surface area is 177 Å². The van der Waals surface area contributed by atoms with Gasteiger partial charge in [-0.05, 0) is 46.4 Å². The third kappa shape index (κ3) is 4.76. The number of nitrogens with one attached hydrogen (secondary N) is 1. The number of carboxylic acid groups (broad SMARTS) is 1. The molecular formula is C19H12IN3O2Pd. The summed E-state index contributed by atoms with van der Waals surface area (Å²) in [5, 5.41) is 12.6. The molecule has 0 saturated carbocycles. The largest absolute Gasteiger partial charge is 2.00 e. The molecule has 0 amide bonds. The van der Waals surface area contributed by atoms with E-state index in [0.717, 1.165) is 25.4 Å². The number of nitrogens with zero attached hydrogens (tertiary/aromatic N) is 2. The van der Waals surface area contributed by atoms with Gasteiger partial charge in [0.25, 0.3) is 0 Å². The molecule has 0 aliphatic carbocycles. The summed E-state index contributed by atoms with van der Waals surface area (Å²) in [6.45, 7) is 0. The van der Waals surface area contributed by atoms with E-state index in [4.69, 9.17) is 5.73 Å². The Balaban J connectivity index is 0.000000186. The SMILES string of the molecule is [NH-]c1cc(I)cc(C(=O)[O-])c1.[Pd+2].c1cnc2c(c1)ccc1cccnc12. The zero-order valence-corrected chi connectivity index (χ0v) is 17.0. The summed E-state index contributed by atoms with van der Waals surface area (Å²) in [7, 11) is 0. The fourth-order valence-electron chi connectivity index (χ4n) is 2.39. The zero-order valence-electron chi connectivity index (χ0n) is 13.3. The van der Waals surface area contributed by atoms with Crippen molar-refractivity contribution in [2.75, 3.05) is 0 Å². The second kappa shape index (κ2) is 9.03. The quantitative estimate of drug-likeness (QED) is 0.204. The van der Waals surface area contributed by atoms with Gasteiger partial charge in [0, 0.05) is 26.7 Å². The van der Waals surface area contributed by atoms with Gasteiger partial charge in [-0.3, -0.25) is 9.97 Å². The van der Waals surface area contributed by atoms with E-state index in [1.165, 1.54) is 12.1 Å². The van der Waals surface area contributed by atoms with Crippen LogP contribution in [-0.4, -0.2) is 15.9 Å². The normalized spacial score (nSPS) is 9.88. The minimum Gasteiger partial charge on any atom is -0.699 e. The Morgan fingerprint density at radius 1 is 0.923 bits per heavy atom. The fraction of sp³-hybridized carbons (Fsp3) is 0. The van der Waals surface area contributed by atoms with E-state index in [2.05, 4.69) is 34.2 Å². The fourth-order valence-corrected chi connectivity index (χ4v) is 3.06. The van der Waals surface area contributed by atoms with Gasteiger partial charge < -0.3 is 15.6 Å². The molecule has 5 nitrogen and oxygen atoms in total. The second-order valence-electron chi connectivity index (χ2n) is 5.23. The van der Waals surface area contributed by atoms with Crippen LogP contribution in [-0.2, 0) is 20.4 Å². The van der Waals surface area contributed by atoms with Crippen LogP contribution in [0.5, 0.6) is 0 Å². The first-order valence-corrected chi connectivity index (χ1v) is 8.44. The van der Waals surface area contributed by atoms with Crippen molar-refractivity contribution in [3.05, 3.63) is 81.9 Å². The molecule has 0 aliphatic rings. The smallest absolute Gasteiger partial charge is 0.699 e. The van der Waals surface area contributed by atoms with Crippen LogP contribution in [0.4, 0.5) is 5.69 Å². The van der Waals surface area contributed by atoms with Gasteiger partial charge >= 0.3 is 20.4 Å². The molecule has 2 aromatic carbocycles.